The van der Waals surface area contributed by atoms with Gasteiger partial charge in [0, 0.05) is 22.4 Å². The van der Waals surface area contributed by atoms with Gasteiger partial charge in [0.05, 0.1) is 23.1 Å². The third kappa shape index (κ3) is 4.36. The summed E-state index contributed by atoms with van der Waals surface area (Å²) in [5, 5.41) is 0.455. The zero-order chi connectivity index (χ0) is 30.5. The van der Waals surface area contributed by atoms with E-state index in [1.165, 1.54) is 36.4 Å². The van der Waals surface area contributed by atoms with Crippen LogP contribution in [0.1, 0.15) is 54.8 Å². The second-order valence-corrected chi connectivity index (χ2v) is 11.3. The molecular weight excluding hydrogens is 582 g/mol. The Morgan fingerprint density at radius 1 is 0.682 bits per heavy atom. The van der Waals surface area contributed by atoms with E-state index in [1.807, 2.05) is 48.5 Å². The second kappa shape index (κ2) is 10.8. The molecule has 0 saturated carbocycles. The lowest BCUT2D eigenvalue weighted by Crippen LogP contribution is -2.43. The Morgan fingerprint density at radius 3 is 1.73 bits per heavy atom. The first kappa shape index (κ1) is 27.5. The summed E-state index contributed by atoms with van der Waals surface area (Å²) >= 11 is 5.83. The molecule has 9 nitrogen and oxygen atoms in total. The largest absolute Gasteiger partial charge is 0.452 e. The van der Waals surface area contributed by atoms with Crippen LogP contribution in [-0.2, 0) is 19.1 Å². The first-order valence-corrected chi connectivity index (χ1v) is 14.4. The van der Waals surface area contributed by atoms with Gasteiger partial charge in [-0.1, -0.05) is 72.3 Å². The van der Waals surface area contributed by atoms with Crippen LogP contribution >= 0.6 is 11.6 Å². The molecule has 1 aliphatic heterocycles. The Bertz CT molecular complexity index is 1760. The number of ether oxygens (including phenoxy) is 1. The van der Waals surface area contributed by atoms with E-state index >= 15 is 0 Å². The normalized spacial score (nSPS) is 20.8. The number of halogens is 1. The van der Waals surface area contributed by atoms with Gasteiger partial charge < -0.3 is 4.74 Å². The smallest absolute Gasteiger partial charge is 0.340 e. The fraction of sp³-hybridized carbons (Fsp3) is 0.147. The van der Waals surface area contributed by atoms with Gasteiger partial charge >= 0.3 is 5.97 Å². The van der Waals surface area contributed by atoms with E-state index in [-0.39, 0.29) is 40.5 Å². The average molecular weight is 606 g/mol. The van der Waals surface area contributed by atoms with E-state index in [2.05, 4.69) is 10.9 Å². The summed E-state index contributed by atoms with van der Waals surface area (Å²) in [5.41, 5.74) is 8.93. The minimum atomic E-state index is -0.898. The number of imide groups is 1. The summed E-state index contributed by atoms with van der Waals surface area (Å²) in [7, 11) is 0. The van der Waals surface area contributed by atoms with E-state index in [9.17, 15) is 24.0 Å². The Labute approximate surface area is 256 Å². The fourth-order valence-corrected chi connectivity index (χ4v) is 6.93. The van der Waals surface area contributed by atoms with Gasteiger partial charge in [0.15, 0.2) is 6.61 Å². The summed E-state index contributed by atoms with van der Waals surface area (Å²) in [5.74, 6) is -4.82. The number of para-hydroxylation sites is 1. The van der Waals surface area contributed by atoms with Crippen LogP contribution in [0.4, 0.5) is 5.69 Å². The molecule has 8 rings (SSSR count). The van der Waals surface area contributed by atoms with Crippen LogP contribution in [0.2, 0.25) is 5.02 Å². The Balaban J connectivity index is 1.10. The van der Waals surface area contributed by atoms with Crippen LogP contribution in [0, 0.1) is 11.8 Å². The van der Waals surface area contributed by atoms with E-state index < -0.39 is 36.2 Å². The molecule has 4 aliphatic rings. The lowest BCUT2D eigenvalue weighted by molar-refractivity contribution is -0.125. The minimum absolute atomic E-state index is 0.0341. The lowest BCUT2D eigenvalue weighted by Gasteiger charge is -2.45. The van der Waals surface area contributed by atoms with Gasteiger partial charge in [-0.2, -0.15) is 0 Å². The van der Waals surface area contributed by atoms with Gasteiger partial charge in [-0.3, -0.25) is 30.0 Å². The third-order valence-electron chi connectivity index (χ3n) is 8.57. The molecule has 4 aromatic rings. The number of carbonyl (C=O) groups excluding carboxylic acids is 5. The number of hydrogen-bond acceptors (Lipinski definition) is 6. The SMILES string of the molecule is O=C(COC(=O)c1ccccc1N1C(=O)[C@H]2C3c4ccccc4C(c4ccccc43)[C@@H]2C1=O)NNC(=O)c1ccc(Cl)cc1. The molecule has 0 unspecified atom stereocenters. The highest BCUT2D eigenvalue weighted by atomic mass is 35.5. The third-order valence-corrected chi connectivity index (χ3v) is 8.82. The molecular formula is C34H24ClN3O6. The van der Waals surface area contributed by atoms with Crippen molar-refractivity contribution in [3.05, 3.63) is 135 Å². The molecule has 3 aliphatic carbocycles. The van der Waals surface area contributed by atoms with Crippen LogP contribution in [0.25, 0.3) is 0 Å². The van der Waals surface area contributed by atoms with Crippen molar-refractivity contribution in [1.29, 1.82) is 0 Å². The highest BCUT2D eigenvalue weighted by Gasteiger charge is 2.62. The zero-order valence-corrected chi connectivity index (χ0v) is 23.8. The highest BCUT2D eigenvalue weighted by Crippen LogP contribution is 2.61. The Kier molecular flexibility index (Phi) is 6.74. The molecule has 2 bridgehead atoms. The number of benzene rings is 4. The summed E-state index contributed by atoms with van der Waals surface area (Å²) in [6.45, 7) is -0.712. The number of esters is 1. The van der Waals surface area contributed by atoms with Crippen molar-refractivity contribution in [1.82, 2.24) is 10.9 Å². The summed E-state index contributed by atoms with van der Waals surface area (Å²) in [6.07, 6.45) is 0. The van der Waals surface area contributed by atoms with Crippen LogP contribution in [0.15, 0.2) is 97.1 Å². The van der Waals surface area contributed by atoms with E-state index in [4.69, 9.17) is 16.3 Å². The van der Waals surface area contributed by atoms with Gasteiger partial charge in [-0.25, -0.2) is 9.69 Å². The lowest BCUT2D eigenvalue weighted by atomic mass is 9.55. The van der Waals surface area contributed by atoms with Crippen molar-refractivity contribution in [2.75, 3.05) is 11.5 Å². The molecule has 2 N–H and O–H groups in total. The zero-order valence-electron chi connectivity index (χ0n) is 23.0. The maximum absolute atomic E-state index is 14.1. The molecule has 1 heterocycles. The maximum atomic E-state index is 14.1. The molecule has 0 radical (unpaired) electrons. The van der Waals surface area contributed by atoms with Crippen molar-refractivity contribution in [3.8, 4) is 0 Å². The summed E-state index contributed by atoms with van der Waals surface area (Å²) < 4.78 is 5.22. The molecule has 44 heavy (non-hydrogen) atoms. The van der Waals surface area contributed by atoms with Crippen molar-refractivity contribution in [2.24, 2.45) is 11.8 Å². The van der Waals surface area contributed by atoms with Gasteiger partial charge in [-0.15, -0.1) is 0 Å². The first-order valence-electron chi connectivity index (χ1n) is 14.0. The standard InChI is InChI=1S/C34H24ClN3O6/c35-19-15-13-18(14-16-19)31(40)37-36-26(39)17-44-34(43)24-11-5-6-12-25(24)38-32(41)29-27-20-7-1-2-8-21(20)28(30(29)33(38)42)23-10-4-3-9-22(23)27/h1-16,27-30H,17H2,(H,36,39)(H,37,40)/t27?,28?,29-,30-/m0/s1. The minimum Gasteiger partial charge on any atom is -0.452 e. The summed E-state index contributed by atoms with van der Waals surface area (Å²) in [6, 6.07) is 28.1. The summed E-state index contributed by atoms with van der Waals surface area (Å²) in [4.78, 5) is 67.1. The predicted octanol–water partition coefficient (Wildman–Crippen LogP) is 4.35. The van der Waals surface area contributed by atoms with Crippen LogP contribution < -0.4 is 15.8 Å². The number of anilines is 1. The molecule has 0 aromatic heterocycles. The second-order valence-electron chi connectivity index (χ2n) is 10.9. The number of rotatable bonds is 5. The fourth-order valence-electron chi connectivity index (χ4n) is 6.80. The van der Waals surface area contributed by atoms with E-state index in [0.29, 0.717) is 5.02 Å². The molecule has 4 aromatic carbocycles. The molecule has 10 heteroatoms. The quantitative estimate of drug-likeness (QED) is 0.198. The van der Waals surface area contributed by atoms with Crippen molar-refractivity contribution < 1.29 is 28.7 Å². The van der Waals surface area contributed by atoms with Gasteiger partial charge in [0.2, 0.25) is 11.8 Å². The van der Waals surface area contributed by atoms with Crippen LogP contribution in [0.3, 0.4) is 0 Å². The van der Waals surface area contributed by atoms with Gasteiger partial charge in [0.25, 0.3) is 11.8 Å². The number of hydrogen-bond donors (Lipinski definition) is 2. The number of amides is 4. The molecule has 1 saturated heterocycles. The van der Waals surface area contributed by atoms with Crippen molar-refractivity contribution in [3.63, 3.8) is 0 Å². The number of carbonyl (C=O) groups is 5. The van der Waals surface area contributed by atoms with Crippen molar-refractivity contribution in [2.45, 2.75) is 11.8 Å². The number of nitrogens with one attached hydrogen (secondary N) is 2. The van der Waals surface area contributed by atoms with E-state index in [0.717, 1.165) is 27.2 Å². The Hall–Kier alpha value is -5.28. The monoisotopic (exact) mass is 605 g/mol. The van der Waals surface area contributed by atoms with Gasteiger partial charge in [0.1, 0.15) is 0 Å². The molecule has 218 valence electrons. The van der Waals surface area contributed by atoms with Crippen molar-refractivity contribution >= 4 is 46.9 Å². The van der Waals surface area contributed by atoms with Crippen LogP contribution in [-0.4, -0.2) is 36.2 Å². The molecule has 4 amide bonds. The average Bonchev–Trinajstić information content (AvgIpc) is 3.32. The highest BCUT2D eigenvalue weighted by molar-refractivity contribution is 6.30. The Morgan fingerprint density at radius 2 is 1.18 bits per heavy atom. The first-order chi connectivity index (χ1) is 21.3. The molecule has 1 fully saturated rings. The topological polar surface area (TPSA) is 122 Å². The predicted molar refractivity (Wildman–Crippen MR) is 160 cm³/mol. The number of nitrogens with zero attached hydrogens (tertiary/aromatic N) is 1. The molecule has 0 spiro atoms. The van der Waals surface area contributed by atoms with E-state index in [1.54, 1.807) is 12.1 Å². The van der Waals surface area contributed by atoms with Gasteiger partial charge in [-0.05, 0) is 58.7 Å². The number of hydrazine groups is 1. The van der Waals surface area contributed by atoms with Crippen LogP contribution in [0.5, 0.6) is 0 Å². The molecule has 2 atom stereocenters. The maximum Gasteiger partial charge on any atom is 0.340 e.